The number of aromatic nitrogens is 3. The van der Waals surface area contributed by atoms with Crippen LogP contribution in [0.2, 0.25) is 0 Å². The van der Waals surface area contributed by atoms with Crippen LogP contribution in [0.1, 0.15) is 21.5 Å². The molecule has 2 aromatic heterocycles. The second-order valence-corrected chi connectivity index (χ2v) is 5.60. The molecule has 0 aliphatic carbocycles. The molecule has 0 spiro atoms. The van der Waals surface area contributed by atoms with E-state index in [1.54, 1.807) is 24.3 Å². The summed E-state index contributed by atoms with van der Waals surface area (Å²) in [5.41, 5.74) is 2.00. The molecule has 0 saturated heterocycles. The number of rotatable bonds is 4. The van der Waals surface area contributed by atoms with Crippen molar-refractivity contribution < 1.29 is 9.90 Å². The number of aryl methyl sites for hydroxylation is 1. The highest BCUT2D eigenvalue weighted by molar-refractivity contribution is 5.94. The van der Waals surface area contributed by atoms with Crippen LogP contribution in [-0.2, 0) is 0 Å². The number of amides is 1. The second kappa shape index (κ2) is 7.48. The highest BCUT2D eigenvalue weighted by Gasteiger charge is 2.14. The SMILES string of the molecule is Cc1ccc(-n2c(O)c(/C=N/NC(=O)c3ccncc3)c(=O)[nH]c2=O)cc1. The third-order valence-electron chi connectivity index (χ3n) is 3.72. The number of hydrogen-bond donors (Lipinski definition) is 3. The van der Waals surface area contributed by atoms with E-state index in [2.05, 4.69) is 20.5 Å². The molecule has 9 heteroatoms. The average molecular weight is 365 g/mol. The highest BCUT2D eigenvalue weighted by atomic mass is 16.3. The molecule has 0 aliphatic rings. The number of benzene rings is 1. The lowest BCUT2D eigenvalue weighted by Gasteiger charge is -2.09. The van der Waals surface area contributed by atoms with E-state index in [0.29, 0.717) is 11.3 Å². The molecule has 0 atom stereocenters. The zero-order valence-corrected chi connectivity index (χ0v) is 14.2. The van der Waals surface area contributed by atoms with Gasteiger partial charge in [-0.15, -0.1) is 0 Å². The summed E-state index contributed by atoms with van der Waals surface area (Å²) in [6, 6.07) is 9.76. The minimum absolute atomic E-state index is 0.273. The van der Waals surface area contributed by atoms with Crippen LogP contribution in [-0.4, -0.2) is 31.8 Å². The summed E-state index contributed by atoms with van der Waals surface area (Å²) in [5, 5.41) is 14.1. The van der Waals surface area contributed by atoms with Gasteiger partial charge in [0.15, 0.2) is 0 Å². The summed E-state index contributed by atoms with van der Waals surface area (Å²) in [6.07, 6.45) is 3.87. The van der Waals surface area contributed by atoms with E-state index in [1.165, 1.54) is 24.5 Å². The number of carbonyl (C=O) groups excluding carboxylic acids is 1. The van der Waals surface area contributed by atoms with Gasteiger partial charge in [-0.3, -0.25) is 19.6 Å². The summed E-state index contributed by atoms with van der Waals surface area (Å²) >= 11 is 0. The van der Waals surface area contributed by atoms with E-state index in [4.69, 9.17) is 0 Å². The predicted molar refractivity (Wildman–Crippen MR) is 98.4 cm³/mol. The monoisotopic (exact) mass is 365 g/mol. The molecule has 0 bridgehead atoms. The Bertz CT molecular complexity index is 1120. The molecule has 3 rings (SSSR count). The topological polar surface area (TPSA) is 129 Å². The second-order valence-electron chi connectivity index (χ2n) is 5.60. The fraction of sp³-hybridized carbons (Fsp3) is 0.0556. The van der Waals surface area contributed by atoms with E-state index < -0.39 is 23.0 Å². The summed E-state index contributed by atoms with van der Waals surface area (Å²) < 4.78 is 0.937. The third-order valence-corrected chi connectivity index (χ3v) is 3.72. The van der Waals surface area contributed by atoms with E-state index in [-0.39, 0.29) is 5.56 Å². The largest absolute Gasteiger partial charge is 0.493 e. The Hall–Kier alpha value is -4.01. The van der Waals surface area contributed by atoms with Crippen LogP contribution in [0.4, 0.5) is 0 Å². The zero-order chi connectivity index (χ0) is 19.4. The Morgan fingerprint density at radius 1 is 1.19 bits per heavy atom. The lowest BCUT2D eigenvalue weighted by Crippen LogP contribution is -2.31. The summed E-state index contributed by atoms with van der Waals surface area (Å²) in [6.45, 7) is 1.88. The van der Waals surface area contributed by atoms with E-state index >= 15 is 0 Å². The zero-order valence-electron chi connectivity index (χ0n) is 14.2. The quantitative estimate of drug-likeness (QED) is 0.463. The summed E-state index contributed by atoms with van der Waals surface area (Å²) in [7, 11) is 0. The average Bonchev–Trinajstić information content (AvgIpc) is 2.66. The number of hydrogen-bond acceptors (Lipinski definition) is 6. The maximum Gasteiger partial charge on any atom is 0.335 e. The molecule has 1 amide bonds. The first kappa shape index (κ1) is 17.8. The molecule has 1 aromatic carbocycles. The first-order valence-electron chi connectivity index (χ1n) is 7.86. The number of H-pyrrole nitrogens is 1. The van der Waals surface area contributed by atoms with Crippen LogP contribution in [0, 0.1) is 6.92 Å². The lowest BCUT2D eigenvalue weighted by molar-refractivity contribution is 0.0955. The van der Waals surface area contributed by atoms with Crippen molar-refractivity contribution in [3.8, 4) is 11.6 Å². The van der Waals surface area contributed by atoms with E-state index in [1.807, 2.05) is 6.92 Å². The number of nitrogens with zero attached hydrogens (tertiary/aromatic N) is 3. The Labute approximate surface area is 152 Å². The Morgan fingerprint density at radius 2 is 1.85 bits per heavy atom. The van der Waals surface area contributed by atoms with E-state index in [9.17, 15) is 19.5 Å². The summed E-state index contributed by atoms with van der Waals surface area (Å²) in [5.74, 6) is -1.11. The molecule has 3 N–H and O–H groups in total. The van der Waals surface area contributed by atoms with Gasteiger partial charge in [0.25, 0.3) is 11.5 Å². The smallest absolute Gasteiger partial charge is 0.335 e. The van der Waals surface area contributed by atoms with Crippen LogP contribution >= 0.6 is 0 Å². The van der Waals surface area contributed by atoms with E-state index in [0.717, 1.165) is 16.3 Å². The Balaban J connectivity index is 1.93. The van der Waals surface area contributed by atoms with Crippen molar-refractivity contribution in [2.45, 2.75) is 6.92 Å². The number of pyridine rings is 1. The van der Waals surface area contributed by atoms with Crippen molar-refractivity contribution in [3.63, 3.8) is 0 Å². The minimum Gasteiger partial charge on any atom is -0.493 e. The maximum atomic E-state index is 12.1. The molecule has 0 aliphatic heterocycles. The van der Waals surface area contributed by atoms with Crippen molar-refractivity contribution in [2.24, 2.45) is 5.10 Å². The molecule has 0 radical (unpaired) electrons. The van der Waals surface area contributed by atoms with Crippen molar-refractivity contribution in [1.82, 2.24) is 20.0 Å². The molecule has 136 valence electrons. The number of carbonyl (C=O) groups is 1. The van der Waals surface area contributed by atoms with Gasteiger partial charge in [0.2, 0.25) is 5.88 Å². The van der Waals surface area contributed by atoms with Crippen LogP contribution in [0.15, 0.2) is 63.5 Å². The molecular weight excluding hydrogens is 350 g/mol. The number of nitrogens with one attached hydrogen (secondary N) is 2. The van der Waals surface area contributed by atoms with Crippen molar-refractivity contribution in [1.29, 1.82) is 0 Å². The van der Waals surface area contributed by atoms with Gasteiger partial charge in [0.05, 0.1) is 11.9 Å². The van der Waals surface area contributed by atoms with Gasteiger partial charge in [0.1, 0.15) is 5.56 Å². The molecule has 0 unspecified atom stereocenters. The molecule has 3 aromatic rings. The van der Waals surface area contributed by atoms with Gasteiger partial charge < -0.3 is 5.11 Å². The first-order chi connectivity index (χ1) is 13.0. The normalized spacial score (nSPS) is 10.9. The molecule has 2 heterocycles. The number of aromatic amines is 1. The number of aromatic hydroxyl groups is 1. The molecule has 27 heavy (non-hydrogen) atoms. The van der Waals surface area contributed by atoms with Gasteiger partial charge in [-0.1, -0.05) is 17.7 Å². The Morgan fingerprint density at radius 3 is 2.52 bits per heavy atom. The fourth-order valence-electron chi connectivity index (χ4n) is 2.31. The predicted octanol–water partition coefficient (Wildman–Crippen LogP) is 0.699. The van der Waals surface area contributed by atoms with Crippen LogP contribution in [0.25, 0.3) is 5.69 Å². The van der Waals surface area contributed by atoms with Crippen LogP contribution in [0.3, 0.4) is 0 Å². The molecule has 9 nitrogen and oxygen atoms in total. The lowest BCUT2D eigenvalue weighted by atomic mass is 10.2. The maximum absolute atomic E-state index is 12.1. The van der Waals surface area contributed by atoms with Crippen molar-refractivity contribution in [2.75, 3.05) is 0 Å². The van der Waals surface area contributed by atoms with Crippen LogP contribution in [0.5, 0.6) is 5.88 Å². The third kappa shape index (κ3) is 3.82. The summed E-state index contributed by atoms with van der Waals surface area (Å²) in [4.78, 5) is 41.9. The van der Waals surface area contributed by atoms with Gasteiger partial charge in [-0.25, -0.2) is 14.8 Å². The highest BCUT2D eigenvalue weighted by Crippen LogP contribution is 2.15. The van der Waals surface area contributed by atoms with Crippen LogP contribution < -0.4 is 16.7 Å². The van der Waals surface area contributed by atoms with Gasteiger partial charge in [-0.2, -0.15) is 5.10 Å². The van der Waals surface area contributed by atoms with Gasteiger partial charge in [0, 0.05) is 18.0 Å². The molecule has 0 saturated carbocycles. The molecular formula is C18H15N5O4. The molecule has 0 fully saturated rings. The first-order valence-corrected chi connectivity index (χ1v) is 7.86. The fourth-order valence-corrected chi connectivity index (χ4v) is 2.31. The van der Waals surface area contributed by atoms with Crippen molar-refractivity contribution >= 4 is 12.1 Å². The van der Waals surface area contributed by atoms with Gasteiger partial charge >= 0.3 is 5.69 Å². The Kier molecular flexibility index (Phi) is 4.93. The van der Waals surface area contributed by atoms with Gasteiger partial charge in [-0.05, 0) is 31.2 Å². The number of hydrazone groups is 1. The van der Waals surface area contributed by atoms with Crippen molar-refractivity contribution in [3.05, 3.63) is 86.3 Å². The standard InChI is InChI=1S/C18H15N5O4/c1-11-2-4-13(5-3-11)23-17(26)14(16(25)21-18(23)27)10-20-22-15(24)12-6-8-19-9-7-12/h2-10,26H,1H3,(H,22,24)(H,21,25,27)/b20-10+. The minimum atomic E-state index is -0.831.